The van der Waals surface area contributed by atoms with Gasteiger partial charge in [-0.05, 0) is 58.1 Å². The Balaban J connectivity index is 1.53. The van der Waals surface area contributed by atoms with Gasteiger partial charge in [0.25, 0.3) is 5.56 Å². The highest BCUT2D eigenvalue weighted by atomic mass is 32.2. The highest BCUT2D eigenvalue weighted by molar-refractivity contribution is 7.99. The fraction of sp³-hybridized carbons (Fsp3) is 0.565. The first-order valence-electron chi connectivity index (χ1n) is 11.4. The average Bonchev–Trinajstić information content (AvgIpc) is 3.43. The molecule has 0 N–H and O–H groups in total. The van der Waals surface area contributed by atoms with Crippen LogP contribution in [0.25, 0.3) is 16.7 Å². The van der Waals surface area contributed by atoms with Crippen molar-refractivity contribution in [3.05, 3.63) is 34.6 Å². The van der Waals surface area contributed by atoms with Gasteiger partial charge < -0.3 is 4.90 Å². The van der Waals surface area contributed by atoms with Crippen molar-refractivity contribution in [1.29, 1.82) is 0 Å². The van der Waals surface area contributed by atoms with E-state index in [1.165, 1.54) is 18.2 Å². The van der Waals surface area contributed by atoms with Crippen LogP contribution in [0.3, 0.4) is 0 Å². The number of carbonyl (C=O) groups excluding carboxylic acids is 1. The van der Waals surface area contributed by atoms with Crippen molar-refractivity contribution in [3.8, 4) is 0 Å². The lowest BCUT2D eigenvalue weighted by molar-refractivity contribution is -0.134. The molecule has 0 spiro atoms. The molecule has 3 aromatic rings. The molecular weight excluding hydrogens is 410 g/mol. The molecule has 1 aromatic carbocycles. The van der Waals surface area contributed by atoms with Crippen LogP contribution < -0.4 is 5.56 Å². The van der Waals surface area contributed by atoms with E-state index in [0.29, 0.717) is 22.1 Å². The summed E-state index contributed by atoms with van der Waals surface area (Å²) in [5.41, 5.74) is 0.808. The summed E-state index contributed by atoms with van der Waals surface area (Å²) < 4.78 is 3.80. The number of thioether (sulfide) groups is 1. The van der Waals surface area contributed by atoms with Gasteiger partial charge in [-0.25, -0.2) is 0 Å². The Labute approximate surface area is 185 Å². The predicted molar refractivity (Wildman–Crippen MR) is 123 cm³/mol. The molecule has 0 radical (unpaired) electrons. The fourth-order valence-corrected chi connectivity index (χ4v) is 6.21. The van der Waals surface area contributed by atoms with Gasteiger partial charge >= 0.3 is 0 Å². The van der Waals surface area contributed by atoms with Gasteiger partial charge in [0, 0.05) is 18.1 Å². The monoisotopic (exact) mass is 439 g/mol. The fourth-order valence-electron chi connectivity index (χ4n) is 5.40. The minimum absolute atomic E-state index is 0.00555. The predicted octanol–water partition coefficient (Wildman–Crippen LogP) is 4.04. The minimum atomic E-state index is 0.00555. The van der Waals surface area contributed by atoms with Crippen molar-refractivity contribution in [2.75, 3.05) is 5.75 Å². The van der Waals surface area contributed by atoms with Gasteiger partial charge in [0.1, 0.15) is 0 Å². The highest BCUT2D eigenvalue weighted by Crippen LogP contribution is 2.32. The Hall–Kier alpha value is -2.35. The minimum Gasteiger partial charge on any atom is -0.337 e. The van der Waals surface area contributed by atoms with Gasteiger partial charge in [-0.2, -0.15) is 0 Å². The number of likely N-dealkylation sites (tertiary alicyclic amines) is 1. The van der Waals surface area contributed by atoms with Crippen LogP contribution in [-0.2, 0) is 4.79 Å². The zero-order valence-corrected chi connectivity index (χ0v) is 19.0. The number of hydrogen-bond donors (Lipinski definition) is 0. The maximum absolute atomic E-state index is 13.3. The van der Waals surface area contributed by atoms with E-state index in [1.807, 2.05) is 38.1 Å². The molecule has 1 amide bonds. The van der Waals surface area contributed by atoms with Crippen LogP contribution in [0.2, 0.25) is 0 Å². The number of piperidine rings is 1. The van der Waals surface area contributed by atoms with Gasteiger partial charge in [0.05, 0.1) is 16.7 Å². The van der Waals surface area contributed by atoms with Crippen molar-refractivity contribution in [2.24, 2.45) is 0 Å². The van der Waals surface area contributed by atoms with Gasteiger partial charge in [-0.15, -0.1) is 10.2 Å². The van der Waals surface area contributed by atoms with Crippen molar-refractivity contribution in [3.63, 3.8) is 0 Å². The molecule has 2 aromatic heterocycles. The Kier molecular flexibility index (Phi) is 5.50. The van der Waals surface area contributed by atoms with Crippen LogP contribution in [0.1, 0.15) is 64.8 Å². The molecule has 7 nitrogen and oxygen atoms in total. The number of para-hydroxylation sites is 1. The van der Waals surface area contributed by atoms with Gasteiger partial charge in [0.2, 0.25) is 11.7 Å². The molecule has 1 aliphatic carbocycles. The molecular formula is C23H29N5O2S. The van der Waals surface area contributed by atoms with Crippen LogP contribution in [0, 0.1) is 0 Å². The third kappa shape index (κ3) is 3.54. The van der Waals surface area contributed by atoms with Crippen LogP contribution >= 0.6 is 11.8 Å². The molecule has 31 heavy (non-hydrogen) atoms. The quantitative estimate of drug-likeness (QED) is 0.574. The summed E-state index contributed by atoms with van der Waals surface area (Å²) in [6, 6.07) is 8.36. The largest absolute Gasteiger partial charge is 0.337 e. The first kappa shape index (κ1) is 20.5. The number of benzene rings is 1. The zero-order valence-electron chi connectivity index (χ0n) is 18.2. The van der Waals surface area contributed by atoms with Crippen molar-refractivity contribution in [1.82, 2.24) is 24.1 Å². The topological polar surface area (TPSA) is 72.5 Å². The average molecular weight is 440 g/mol. The molecule has 2 atom stereocenters. The second-order valence-electron chi connectivity index (χ2n) is 8.97. The van der Waals surface area contributed by atoms with Gasteiger partial charge in [-0.1, -0.05) is 36.7 Å². The molecule has 3 heterocycles. The number of fused-ring (bicyclic) bond motifs is 3. The van der Waals surface area contributed by atoms with Crippen LogP contribution in [0.5, 0.6) is 0 Å². The van der Waals surface area contributed by atoms with E-state index in [2.05, 4.69) is 24.0 Å². The Morgan fingerprint density at radius 2 is 1.74 bits per heavy atom. The lowest BCUT2D eigenvalue weighted by atomic mass is 9.98. The zero-order chi connectivity index (χ0) is 21.5. The summed E-state index contributed by atoms with van der Waals surface area (Å²) in [7, 11) is 0. The van der Waals surface area contributed by atoms with E-state index >= 15 is 0 Å². The lowest BCUT2D eigenvalue weighted by Crippen LogP contribution is -2.48. The maximum Gasteiger partial charge on any atom is 0.263 e. The molecule has 0 unspecified atom stereocenters. The van der Waals surface area contributed by atoms with Gasteiger partial charge in [-0.3, -0.25) is 18.6 Å². The van der Waals surface area contributed by atoms with Crippen molar-refractivity contribution >= 4 is 34.3 Å². The van der Waals surface area contributed by atoms with E-state index in [9.17, 15) is 9.59 Å². The van der Waals surface area contributed by atoms with E-state index in [0.717, 1.165) is 44.0 Å². The molecule has 164 valence electrons. The van der Waals surface area contributed by atoms with E-state index in [1.54, 1.807) is 0 Å². The van der Waals surface area contributed by atoms with Crippen LogP contribution in [0.15, 0.2) is 34.2 Å². The van der Waals surface area contributed by atoms with Crippen LogP contribution in [-0.4, -0.2) is 47.8 Å². The smallest absolute Gasteiger partial charge is 0.263 e. The Morgan fingerprint density at radius 3 is 2.48 bits per heavy atom. The number of aromatic nitrogens is 4. The first-order valence-corrected chi connectivity index (χ1v) is 12.4. The number of nitrogens with zero attached hydrogens (tertiary/aromatic N) is 5. The molecule has 1 saturated heterocycles. The number of rotatable bonds is 4. The second kappa shape index (κ2) is 8.30. The first-order chi connectivity index (χ1) is 15.1. The molecule has 1 aliphatic heterocycles. The number of amides is 1. The van der Waals surface area contributed by atoms with E-state index < -0.39 is 0 Å². The summed E-state index contributed by atoms with van der Waals surface area (Å²) in [6.45, 7) is 4.27. The molecule has 8 heteroatoms. The Bertz CT molecular complexity index is 1170. The SMILES string of the molecule is C[C@@H]1CCC[C@@H](C)N1C(=O)CSc1nnc2n(C3CCCC3)c(=O)c3ccccc3n12. The molecule has 1 saturated carbocycles. The summed E-state index contributed by atoms with van der Waals surface area (Å²) in [5, 5.41) is 10.2. The molecule has 2 aliphatic rings. The standard InChI is InChI=1S/C23H29N5O2S/c1-15-8-7-9-16(2)26(15)20(29)14-31-23-25-24-22-27(17-10-3-4-11-17)21(30)18-12-5-6-13-19(18)28(22)23/h5-6,12-13,15-17H,3-4,7-11,14H2,1-2H3/t15-,16-/m1/s1. The van der Waals surface area contributed by atoms with Crippen molar-refractivity contribution in [2.45, 2.75) is 82.1 Å². The lowest BCUT2D eigenvalue weighted by Gasteiger charge is -2.39. The summed E-state index contributed by atoms with van der Waals surface area (Å²) in [6.07, 6.45) is 7.55. The van der Waals surface area contributed by atoms with E-state index in [-0.39, 0.29) is 29.6 Å². The molecule has 0 bridgehead atoms. The third-order valence-corrected chi connectivity index (χ3v) is 7.84. The summed E-state index contributed by atoms with van der Waals surface area (Å²) >= 11 is 1.42. The van der Waals surface area contributed by atoms with E-state index in [4.69, 9.17) is 0 Å². The number of hydrogen-bond acceptors (Lipinski definition) is 5. The maximum atomic E-state index is 13.3. The van der Waals surface area contributed by atoms with Crippen LogP contribution in [0.4, 0.5) is 0 Å². The van der Waals surface area contributed by atoms with Gasteiger partial charge in [0.15, 0.2) is 5.16 Å². The van der Waals surface area contributed by atoms with Crippen molar-refractivity contribution < 1.29 is 4.79 Å². The highest BCUT2D eigenvalue weighted by Gasteiger charge is 2.30. The normalized spacial score (nSPS) is 22.6. The molecule has 5 rings (SSSR count). The Morgan fingerprint density at radius 1 is 1.03 bits per heavy atom. The summed E-state index contributed by atoms with van der Waals surface area (Å²) in [4.78, 5) is 28.4. The third-order valence-electron chi connectivity index (χ3n) is 6.92. The summed E-state index contributed by atoms with van der Waals surface area (Å²) in [5.74, 6) is 1.06. The second-order valence-corrected chi connectivity index (χ2v) is 9.91. The number of carbonyl (C=O) groups is 1. The molecule has 2 fully saturated rings.